The van der Waals surface area contributed by atoms with E-state index in [-0.39, 0.29) is 0 Å². The van der Waals surface area contributed by atoms with Crippen molar-refractivity contribution >= 4 is 11.6 Å². The van der Waals surface area contributed by atoms with Gasteiger partial charge in [-0.2, -0.15) is 0 Å². The van der Waals surface area contributed by atoms with Crippen molar-refractivity contribution in [3.05, 3.63) is 29.8 Å². The normalized spacial score (nSPS) is 20.1. The first-order valence-electron chi connectivity index (χ1n) is 8.55. The molecule has 0 unspecified atom stereocenters. The maximum absolute atomic E-state index is 4.27. The van der Waals surface area contributed by atoms with Gasteiger partial charge in [0, 0.05) is 38.4 Å². The Bertz CT molecular complexity index is 496. The van der Waals surface area contributed by atoms with Crippen molar-refractivity contribution in [3.8, 4) is 0 Å². The standard InChI is InChI=1S/C18H28N4/c1-14-9-11-22(12-10-14)17-7-3-15(4-8-17)13-20-18(19-2)21-16-5-6-16/h3-4,7-8,14,16H,5-6,9-13H2,1-2H3,(H2,19,20,21). The van der Waals surface area contributed by atoms with Crippen molar-refractivity contribution in [2.75, 3.05) is 25.0 Å². The molecule has 1 aromatic rings. The van der Waals surface area contributed by atoms with Crippen LogP contribution in [0.3, 0.4) is 0 Å². The van der Waals surface area contributed by atoms with Crippen LogP contribution < -0.4 is 15.5 Å². The second-order valence-corrected chi connectivity index (χ2v) is 6.68. The largest absolute Gasteiger partial charge is 0.372 e. The summed E-state index contributed by atoms with van der Waals surface area (Å²) < 4.78 is 0. The summed E-state index contributed by atoms with van der Waals surface area (Å²) in [6, 6.07) is 9.60. The monoisotopic (exact) mass is 300 g/mol. The smallest absolute Gasteiger partial charge is 0.191 e. The van der Waals surface area contributed by atoms with Crippen LogP contribution in [0.4, 0.5) is 5.69 Å². The Kier molecular flexibility index (Phi) is 4.86. The van der Waals surface area contributed by atoms with E-state index < -0.39 is 0 Å². The molecule has 4 nitrogen and oxygen atoms in total. The van der Waals surface area contributed by atoms with Crippen LogP contribution in [-0.2, 0) is 6.54 Å². The van der Waals surface area contributed by atoms with E-state index in [1.54, 1.807) is 0 Å². The molecule has 1 saturated carbocycles. The van der Waals surface area contributed by atoms with E-state index in [9.17, 15) is 0 Å². The number of hydrogen-bond donors (Lipinski definition) is 2. The molecule has 3 rings (SSSR count). The Morgan fingerprint density at radius 1 is 1.14 bits per heavy atom. The lowest BCUT2D eigenvalue weighted by molar-refractivity contribution is 0.438. The van der Waals surface area contributed by atoms with Crippen molar-refractivity contribution in [2.24, 2.45) is 10.9 Å². The zero-order valence-corrected chi connectivity index (χ0v) is 13.8. The molecule has 0 bridgehead atoms. The third-order valence-electron chi connectivity index (χ3n) is 4.69. The molecule has 0 amide bonds. The lowest BCUT2D eigenvalue weighted by atomic mass is 9.99. The quantitative estimate of drug-likeness (QED) is 0.663. The highest BCUT2D eigenvalue weighted by atomic mass is 15.2. The molecule has 0 spiro atoms. The van der Waals surface area contributed by atoms with Crippen LogP contribution in [0, 0.1) is 5.92 Å². The van der Waals surface area contributed by atoms with Gasteiger partial charge in [0.2, 0.25) is 0 Å². The number of piperidine rings is 1. The number of rotatable bonds is 4. The molecule has 1 aliphatic heterocycles. The summed E-state index contributed by atoms with van der Waals surface area (Å²) in [5.74, 6) is 1.79. The number of nitrogens with zero attached hydrogens (tertiary/aromatic N) is 2. The molecule has 2 fully saturated rings. The molecule has 0 aromatic heterocycles. The highest BCUT2D eigenvalue weighted by Gasteiger charge is 2.22. The Hall–Kier alpha value is -1.71. The number of guanidine groups is 1. The van der Waals surface area contributed by atoms with Gasteiger partial charge in [-0.25, -0.2) is 0 Å². The number of nitrogens with one attached hydrogen (secondary N) is 2. The van der Waals surface area contributed by atoms with Crippen LogP contribution in [-0.4, -0.2) is 32.1 Å². The van der Waals surface area contributed by atoms with Crippen molar-refractivity contribution in [2.45, 2.75) is 45.2 Å². The fourth-order valence-electron chi connectivity index (χ4n) is 2.89. The second kappa shape index (κ2) is 7.03. The molecule has 0 radical (unpaired) electrons. The molecule has 2 N–H and O–H groups in total. The zero-order chi connectivity index (χ0) is 15.4. The van der Waals surface area contributed by atoms with Gasteiger partial charge in [-0.3, -0.25) is 4.99 Å². The lowest BCUT2D eigenvalue weighted by Gasteiger charge is -2.32. The van der Waals surface area contributed by atoms with E-state index in [0.29, 0.717) is 6.04 Å². The highest BCUT2D eigenvalue weighted by Crippen LogP contribution is 2.23. The Morgan fingerprint density at radius 2 is 1.82 bits per heavy atom. The molecule has 4 heteroatoms. The minimum absolute atomic E-state index is 0.634. The summed E-state index contributed by atoms with van der Waals surface area (Å²) >= 11 is 0. The van der Waals surface area contributed by atoms with Crippen LogP contribution in [0.2, 0.25) is 0 Å². The molecule has 1 aliphatic carbocycles. The van der Waals surface area contributed by atoms with E-state index in [2.05, 4.69) is 51.7 Å². The summed E-state index contributed by atoms with van der Waals surface area (Å²) in [6.45, 7) is 5.56. The average Bonchev–Trinajstić information content (AvgIpc) is 3.37. The van der Waals surface area contributed by atoms with Gasteiger partial charge in [-0.05, 0) is 49.3 Å². The first-order valence-corrected chi connectivity index (χ1v) is 8.55. The summed E-state index contributed by atoms with van der Waals surface area (Å²) in [7, 11) is 1.83. The van der Waals surface area contributed by atoms with Crippen LogP contribution in [0.1, 0.15) is 38.2 Å². The second-order valence-electron chi connectivity index (χ2n) is 6.68. The molecule has 120 valence electrons. The van der Waals surface area contributed by atoms with Gasteiger partial charge >= 0.3 is 0 Å². The van der Waals surface area contributed by atoms with Crippen molar-refractivity contribution in [3.63, 3.8) is 0 Å². The molecule has 1 aromatic carbocycles. The highest BCUT2D eigenvalue weighted by molar-refractivity contribution is 5.80. The zero-order valence-electron chi connectivity index (χ0n) is 13.8. The first-order chi connectivity index (χ1) is 10.7. The molecular weight excluding hydrogens is 272 g/mol. The minimum Gasteiger partial charge on any atom is -0.372 e. The van der Waals surface area contributed by atoms with E-state index in [1.807, 2.05) is 7.05 Å². The van der Waals surface area contributed by atoms with Crippen molar-refractivity contribution in [1.29, 1.82) is 0 Å². The summed E-state index contributed by atoms with van der Waals surface area (Å²) in [4.78, 5) is 6.77. The maximum atomic E-state index is 4.27. The average molecular weight is 300 g/mol. The Morgan fingerprint density at radius 3 is 2.41 bits per heavy atom. The van der Waals surface area contributed by atoms with Crippen LogP contribution in [0.5, 0.6) is 0 Å². The van der Waals surface area contributed by atoms with Gasteiger partial charge in [0.05, 0.1) is 0 Å². The van der Waals surface area contributed by atoms with Crippen molar-refractivity contribution in [1.82, 2.24) is 10.6 Å². The Balaban J connectivity index is 1.50. The molecule has 22 heavy (non-hydrogen) atoms. The van der Waals surface area contributed by atoms with E-state index in [4.69, 9.17) is 0 Å². The third kappa shape index (κ3) is 4.15. The fourth-order valence-corrected chi connectivity index (χ4v) is 2.89. The summed E-state index contributed by atoms with van der Waals surface area (Å²) in [5.41, 5.74) is 2.66. The molecule has 1 heterocycles. The number of hydrogen-bond acceptors (Lipinski definition) is 2. The predicted octanol–water partition coefficient (Wildman–Crippen LogP) is 2.75. The lowest BCUT2D eigenvalue weighted by Crippen LogP contribution is -2.38. The van der Waals surface area contributed by atoms with E-state index in [1.165, 1.54) is 50.0 Å². The number of anilines is 1. The summed E-state index contributed by atoms with van der Waals surface area (Å²) in [6.07, 6.45) is 5.16. The van der Waals surface area contributed by atoms with Gasteiger partial charge in [0.1, 0.15) is 0 Å². The van der Waals surface area contributed by atoms with Crippen LogP contribution in [0.15, 0.2) is 29.3 Å². The van der Waals surface area contributed by atoms with Crippen LogP contribution in [0.25, 0.3) is 0 Å². The summed E-state index contributed by atoms with van der Waals surface area (Å²) in [5, 5.41) is 6.80. The molecule has 1 saturated heterocycles. The predicted molar refractivity (Wildman–Crippen MR) is 93.4 cm³/mol. The first kappa shape index (κ1) is 15.2. The number of aliphatic imine (C=N–C) groups is 1. The third-order valence-corrected chi connectivity index (χ3v) is 4.69. The van der Waals surface area contributed by atoms with Gasteiger partial charge in [-0.1, -0.05) is 19.1 Å². The van der Waals surface area contributed by atoms with Gasteiger partial charge in [0.25, 0.3) is 0 Å². The SMILES string of the molecule is CN=C(NCc1ccc(N2CCC(C)CC2)cc1)NC1CC1. The van der Waals surface area contributed by atoms with Gasteiger partial charge in [0.15, 0.2) is 5.96 Å². The van der Waals surface area contributed by atoms with Gasteiger partial charge < -0.3 is 15.5 Å². The van der Waals surface area contributed by atoms with Crippen molar-refractivity contribution < 1.29 is 0 Å². The Labute approximate surface area is 134 Å². The topological polar surface area (TPSA) is 39.7 Å². The van der Waals surface area contributed by atoms with Gasteiger partial charge in [-0.15, -0.1) is 0 Å². The maximum Gasteiger partial charge on any atom is 0.191 e. The molecule has 0 atom stereocenters. The fraction of sp³-hybridized carbons (Fsp3) is 0.611. The van der Waals surface area contributed by atoms with Crippen LogP contribution >= 0.6 is 0 Å². The minimum atomic E-state index is 0.634. The van der Waals surface area contributed by atoms with E-state index >= 15 is 0 Å². The van der Waals surface area contributed by atoms with E-state index in [0.717, 1.165) is 18.4 Å². The molecular formula is C18H28N4. The molecule has 2 aliphatic rings. The number of benzene rings is 1.